The van der Waals surface area contributed by atoms with E-state index >= 15 is 0 Å². The molecule has 1 unspecified atom stereocenters. The molecule has 0 aliphatic heterocycles. The molecule has 0 fully saturated rings. The van der Waals surface area contributed by atoms with Crippen LogP contribution in [0.25, 0.3) is 0 Å². The number of ether oxygens (including phenoxy) is 1. The summed E-state index contributed by atoms with van der Waals surface area (Å²) < 4.78 is 5.12. The first-order valence-electron chi connectivity index (χ1n) is 8.34. The number of aliphatic carboxylic acids is 2. The topological polar surface area (TPSA) is 101 Å². The van der Waals surface area contributed by atoms with Crippen LogP contribution in [0.15, 0.2) is 72.0 Å². The molecule has 6 nitrogen and oxygen atoms in total. The fourth-order valence-electron chi connectivity index (χ4n) is 2.71. The molecule has 0 saturated carbocycles. The summed E-state index contributed by atoms with van der Waals surface area (Å²) in [6.45, 7) is 1.11. The number of carbonyl (C=O) groups is 3. The van der Waals surface area contributed by atoms with Gasteiger partial charge in [-0.05, 0) is 17.5 Å². The minimum Gasteiger partial charge on any atom is -0.481 e. The molecule has 0 aliphatic rings. The number of carboxylic acid groups (broad SMARTS) is 2. The molecule has 0 saturated heterocycles. The molecule has 1 atom stereocenters. The van der Waals surface area contributed by atoms with E-state index in [1.54, 1.807) is 60.7 Å². The number of esters is 1. The molecule has 0 amide bonds. The van der Waals surface area contributed by atoms with E-state index in [2.05, 4.69) is 0 Å². The molecule has 0 spiro atoms. The number of carbonyl (C=O) groups excluding carboxylic acids is 1. The lowest BCUT2D eigenvalue weighted by Gasteiger charge is -2.19. The molecule has 6 heteroatoms. The zero-order chi connectivity index (χ0) is 19.8. The van der Waals surface area contributed by atoms with E-state index in [0.717, 1.165) is 6.92 Å². The van der Waals surface area contributed by atoms with Gasteiger partial charge in [-0.1, -0.05) is 60.7 Å². The van der Waals surface area contributed by atoms with E-state index in [1.807, 2.05) is 0 Å². The maximum absolute atomic E-state index is 11.9. The summed E-state index contributed by atoms with van der Waals surface area (Å²) in [7, 11) is 0. The monoisotopic (exact) mass is 368 g/mol. The van der Waals surface area contributed by atoms with Crippen molar-refractivity contribution in [3.8, 4) is 0 Å². The summed E-state index contributed by atoms with van der Waals surface area (Å²) in [6.07, 6.45) is -0.0539. The third kappa shape index (κ3) is 5.81. The van der Waals surface area contributed by atoms with Crippen molar-refractivity contribution in [2.45, 2.75) is 19.8 Å². The maximum atomic E-state index is 11.9. The van der Waals surface area contributed by atoms with Gasteiger partial charge in [0, 0.05) is 13.3 Å². The smallest absolute Gasteiger partial charge is 0.335 e. The van der Waals surface area contributed by atoms with Gasteiger partial charge < -0.3 is 14.9 Å². The summed E-state index contributed by atoms with van der Waals surface area (Å²) in [5.74, 6) is -4.99. The van der Waals surface area contributed by atoms with Gasteiger partial charge in [-0.15, -0.1) is 0 Å². The third-order valence-electron chi connectivity index (χ3n) is 3.93. The number of rotatable bonds is 8. The molecule has 0 heterocycles. The largest absolute Gasteiger partial charge is 0.481 e. The first-order chi connectivity index (χ1) is 12.9. The Morgan fingerprint density at radius 3 is 1.85 bits per heavy atom. The van der Waals surface area contributed by atoms with Crippen molar-refractivity contribution in [2.75, 3.05) is 0 Å². The number of hydrogen-bond donors (Lipinski definition) is 2. The molecular weight excluding hydrogens is 348 g/mol. The molecule has 0 radical (unpaired) electrons. The Morgan fingerprint density at radius 2 is 1.41 bits per heavy atom. The molecule has 2 aromatic rings. The lowest BCUT2D eigenvalue weighted by molar-refractivity contribution is -0.144. The minimum atomic E-state index is -1.32. The highest BCUT2D eigenvalue weighted by molar-refractivity contribution is 5.90. The van der Waals surface area contributed by atoms with Crippen LogP contribution in [0.3, 0.4) is 0 Å². The quantitative estimate of drug-likeness (QED) is 0.422. The van der Waals surface area contributed by atoms with E-state index in [0.29, 0.717) is 11.1 Å². The van der Waals surface area contributed by atoms with Crippen molar-refractivity contribution >= 4 is 17.9 Å². The highest BCUT2D eigenvalue weighted by Crippen LogP contribution is 2.25. The Morgan fingerprint density at radius 1 is 0.889 bits per heavy atom. The lowest BCUT2D eigenvalue weighted by atomic mass is 9.92. The Hall–Kier alpha value is -3.41. The van der Waals surface area contributed by atoms with Crippen LogP contribution in [0.1, 0.15) is 18.1 Å². The van der Waals surface area contributed by atoms with E-state index in [-0.39, 0.29) is 24.2 Å². The van der Waals surface area contributed by atoms with Gasteiger partial charge in [-0.2, -0.15) is 0 Å². The summed E-state index contributed by atoms with van der Waals surface area (Å²) in [4.78, 5) is 35.3. The van der Waals surface area contributed by atoms with E-state index in [4.69, 9.17) is 4.74 Å². The molecule has 0 aromatic heterocycles. The molecular formula is C21H20O6. The fourth-order valence-corrected chi connectivity index (χ4v) is 2.71. The SMILES string of the molecule is CC(=O)OC(=C(Cc1ccccc1)C(=O)O)C(Cc1ccccc1)C(=O)O. The molecule has 2 rings (SSSR count). The van der Waals surface area contributed by atoms with E-state index < -0.39 is 23.8 Å². The lowest BCUT2D eigenvalue weighted by Crippen LogP contribution is -2.25. The fraction of sp³-hybridized carbons (Fsp3) is 0.190. The Bertz CT molecular complexity index is 839. The van der Waals surface area contributed by atoms with Gasteiger partial charge in [-0.3, -0.25) is 9.59 Å². The highest BCUT2D eigenvalue weighted by Gasteiger charge is 2.31. The third-order valence-corrected chi connectivity index (χ3v) is 3.93. The normalized spacial score (nSPS) is 12.6. The number of carboxylic acids is 2. The second-order valence-electron chi connectivity index (χ2n) is 5.98. The van der Waals surface area contributed by atoms with Crippen molar-refractivity contribution in [3.63, 3.8) is 0 Å². The Kier molecular flexibility index (Phi) is 6.88. The van der Waals surface area contributed by atoms with Crippen LogP contribution in [0.5, 0.6) is 0 Å². The average molecular weight is 368 g/mol. The first-order valence-corrected chi connectivity index (χ1v) is 8.34. The van der Waals surface area contributed by atoms with Gasteiger partial charge in [0.25, 0.3) is 0 Å². The van der Waals surface area contributed by atoms with E-state index in [9.17, 15) is 24.6 Å². The second-order valence-corrected chi connectivity index (χ2v) is 5.98. The standard InChI is InChI=1S/C21H20O6/c1-14(22)27-19(17(20(23)24)12-15-8-4-2-5-9-15)18(21(25)26)13-16-10-6-3-7-11-16/h2-11,17H,12-13H2,1H3,(H,23,24)(H,25,26). The number of benzene rings is 2. The maximum Gasteiger partial charge on any atom is 0.335 e. The molecule has 0 bridgehead atoms. The summed E-state index contributed by atoms with van der Waals surface area (Å²) >= 11 is 0. The number of hydrogen-bond acceptors (Lipinski definition) is 4. The predicted molar refractivity (Wildman–Crippen MR) is 97.8 cm³/mol. The zero-order valence-corrected chi connectivity index (χ0v) is 14.8. The second kappa shape index (κ2) is 9.33. The average Bonchev–Trinajstić information content (AvgIpc) is 2.64. The van der Waals surface area contributed by atoms with Crippen LogP contribution < -0.4 is 0 Å². The summed E-state index contributed by atoms with van der Waals surface area (Å²) in [5, 5.41) is 19.4. The van der Waals surface area contributed by atoms with Gasteiger partial charge in [0.2, 0.25) is 0 Å². The van der Waals surface area contributed by atoms with Crippen LogP contribution >= 0.6 is 0 Å². The van der Waals surface area contributed by atoms with Gasteiger partial charge in [0.15, 0.2) is 0 Å². The van der Waals surface area contributed by atoms with Crippen LogP contribution in [-0.2, 0) is 32.0 Å². The molecule has 2 aromatic carbocycles. The summed E-state index contributed by atoms with van der Waals surface area (Å²) in [6, 6.07) is 17.5. The van der Waals surface area contributed by atoms with Crippen molar-refractivity contribution in [1.29, 1.82) is 0 Å². The van der Waals surface area contributed by atoms with Crippen molar-refractivity contribution < 1.29 is 29.3 Å². The van der Waals surface area contributed by atoms with Gasteiger partial charge in [0.1, 0.15) is 11.7 Å². The van der Waals surface area contributed by atoms with Crippen molar-refractivity contribution in [2.24, 2.45) is 5.92 Å². The minimum absolute atomic E-state index is 0.00432. The van der Waals surface area contributed by atoms with Crippen LogP contribution in [0.2, 0.25) is 0 Å². The molecule has 140 valence electrons. The Balaban J connectivity index is 2.52. The van der Waals surface area contributed by atoms with Crippen LogP contribution in [0.4, 0.5) is 0 Å². The molecule has 2 N–H and O–H groups in total. The predicted octanol–water partition coefficient (Wildman–Crippen LogP) is 3.07. The zero-order valence-electron chi connectivity index (χ0n) is 14.8. The van der Waals surface area contributed by atoms with Crippen molar-refractivity contribution in [1.82, 2.24) is 0 Å². The Labute approximate surface area is 156 Å². The van der Waals surface area contributed by atoms with Gasteiger partial charge >= 0.3 is 17.9 Å². The van der Waals surface area contributed by atoms with Crippen LogP contribution in [0, 0.1) is 5.92 Å². The van der Waals surface area contributed by atoms with Crippen LogP contribution in [-0.4, -0.2) is 28.1 Å². The van der Waals surface area contributed by atoms with Crippen molar-refractivity contribution in [3.05, 3.63) is 83.1 Å². The van der Waals surface area contributed by atoms with E-state index in [1.165, 1.54) is 0 Å². The molecule has 0 aliphatic carbocycles. The van der Waals surface area contributed by atoms with Gasteiger partial charge in [-0.25, -0.2) is 4.79 Å². The van der Waals surface area contributed by atoms with Gasteiger partial charge in [0.05, 0.1) is 5.57 Å². The highest BCUT2D eigenvalue weighted by atomic mass is 16.5. The molecule has 27 heavy (non-hydrogen) atoms. The first kappa shape index (κ1) is 19.9. The summed E-state index contributed by atoms with van der Waals surface area (Å²) in [5.41, 5.74) is 1.11.